The first kappa shape index (κ1) is 32.4. The highest BCUT2D eigenvalue weighted by Crippen LogP contribution is 2.29. The van der Waals surface area contributed by atoms with Crippen LogP contribution >= 0.6 is 0 Å². The Bertz CT molecular complexity index is 1560. The number of carbonyl (C=O) groups is 3. The molecule has 13 nitrogen and oxygen atoms in total. The van der Waals surface area contributed by atoms with Crippen LogP contribution in [-0.4, -0.2) is 90.3 Å². The zero-order chi connectivity index (χ0) is 32.6. The number of piperidine rings is 1. The number of ether oxygens (including phenoxy) is 3. The van der Waals surface area contributed by atoms with Gasteiger partial charge in [0.2, 0.25) is 11.9 Å². The lowest BCUT2D eigenvalue weighted by Gasteiger charge is -2.38. The van der Waals surface area contributed by atoms with E-state index in [9.17, 15) is 18.8 Å². The topological polar surface area (TPSA) is 155 Å². The molecule has 1 saturated heterocycles. The van der Waals surface area contributed by atoms with Crippen LogP contribution in [0.3, 0.4) is 0 Å². The number of aliphatic carboxylic acids is 1. The third kappa shape index (κ3) is 8.81. The summed E-state index contributed by atoms with van der Waals surface area (Å²) >= 11 is 0. The number of aromatic nitrogens is 2. The maximum Gasteiger partial charge on any atom is 0.323 e. The van der Waals surface area contributed by atoms with Crippen molar-refractivity contribution in [2.45, 2.75) is 44.5 Å². The van der Waals surface area contributed by atoms with E-state index in [4.69, 9.17) is 19.3 Å². The Balaban J connectivity index is 1.35. The number of aryl methyl sites for hydroxylation is 1. The van der Waals surface area contributed by atoms with Crippen molar-refractivity contribution in [2.75, 3.05) is 45.3 Å². The summed E-state index contributed by atoms with van der Waals surface area (Å²) in [7, 11) is 3.11. The highest BCUT2D eigenvalue weighted by molar-refractivity contribution is 5.78. The molecule has 4 bridgehead atoms. The second-order valence-electron chi connectivity index (χ2n) is 11.3. The van der Waals surface area contributed by atoms with Gasteiger partial charge in [-0.05, 0) is 48.2 Å². The SMILES string of the molecule is COc1ccc2cc1OCC(=O)N[C@@H]1CN(Cc3cnc(N(C)CC(=O)O)nc3)CC[C@H]1Oc1cc(F)cc(c1)CNC(=O)CC2. The van der Waals surface area contributed by atoms with Crippen molar-refractivity contribution in [3.63, 3.8) is 0 Å². The van der Waals surface area contributed by atoms with E-state index < -0.39 is 23.9 Å². The average Bonchev–Trinajstić information content (AvgIpc) is 3.02. The molecule has 1 aromatic heterocycles. The minimum Gasteiger partial charge on any atom is -0.493 e. The summed E-state index contributed by atoms with van der Waals surface area (Å²) in [5, 5.41) is 14.9. The van der Waals surface area contributed by atoms with Crippen LogP contribution in [-0.2, 0) is 33.9 Å². The van der Waals surface area contributed by atoms with Crippen molar-refractivity contribution in [1.82, 2.24) is 25.5 Å². The van der Waals surface area contributed by atoms with Crippen LogP contribution < -0.4 is 29.7 Å². The van der Waals surface area contributed by atoms with Crippen LogP contribution in [0.2, 0.25) is 0 Å². The molecule has 0 spiro atoms. The minimum atomic E-state index is -0.984. The van der Waals surface area contributed by atoms with Crippen molar-refractivity contribution >= 4 is 23.7 Å². The Labute approximate surface area is 265 Å². The van der Waals surface area contributed by atoms with Crippen LogP contribution in [0.1, 0.15) is 29.5 Å². The van der Waals surface area contributed by atoms with Gasteiger partial charge in [-0.15, -0.1) is 0 Å². The van der Waals surface area contributed by atoms with Gasteiger partial charge < -0.3 is 34.9 Å². The molecule has 3 N–H and O–H groups in total. The second-order valence-corrected chi connectivity index (χ2v) is 11.3. The first-order chi connectivity index (χ1) is 22.1. The number of fused-ring (bicyclic) bond motifs is 5. The van der Waals surface area contributed by atoms with E-state index in [1.165, 1.54) is 24.1 Å². The summed E-state index contributed by atoms with van der Waals surface area (Å²) < 4.78 is 32.2. The van der Waals surface area contributed by atoms with Gasteiger partial charge in [0.15, 0.2) is 18.1 Å². The number of hydrogen-bond acceptors (Lipinski definition) is 10. The maximum atomic E-state index is 14.6. The average molecular weight is 637 g/mol. The molecule has 46 heavy (non-hydrogen) atoms. The number of carbonyl (C=O) groups excluding carboxylic acids is 2. The quantitative estimate of drug-likeness (QED) is 0.364. The van der Waals surface area contributed by atoms with Gasteiger partial charge >= 0.3 is 5.97 Å². The third-order valence-electron chi connectivity index (χ3n) is 7.73. The van der Waals surface area contributed by atoms with E-state index >= 15 is 0 Å². The predicted octanol–water partition coefficient (Wildman–Crippen LogP) is 1.92. The number of benzene rings is 2. The van der Waals surface area contributed by atoms with Crippen molar-refractivity contribution in [3.05, 3.63) is 71.3 Å². The number of hydrogen-bond donors (Lipinski definition) is 3. The summed E-state index contributed by atoms with van der Waals surface area (Å²) in [4.78, 5) is 49.0. The first-order valence-corrected chi connectivity index (χ1v) is 14.9. The smallest absolute Gasteiger partial charge is 0.323 e. The summed E-state index contributed by atoms with van der Waals surface area (Å²) in [5.41, 5.74) is 2.20. The zero-order valence-electron chi connectivity index (χ0n) is 25.7. The van der Waals surface area contributed by atoms with Gasteiger partial charge in [0, 0.05) is 63.7 Å². The molecule has 2 aliphatic heterocycles. The van der Waals surface area contributed by atoms with Crippen molar-refractivity contribution < 1.29 is 38.1 Å². The monoisotopic (exact) mass is 636 g/mol. The molecule has 244 valence electrons. The summed E-state index contributed by atoms with van der Waals surface area (Å²) in [6.07, 6.45) is 3.97. The first-order valence-electron chi connectivity index (χ1n) is 14.9. The fourth-order valence-corrected chi connectivity index (χ4v) is 5.47. The lowest BCUT2D eigenvalue weighted by molar-refractivity contribution is -0.135. The minimum absolute atomic E-state index is 0.134. The van der Waals surface area contributed by atoms with E-state index in [1.54, 1.807) is 37.6 Å². The van der Waals surface area contributed by atoms with Crippen LogP contribution in [0.4, 0.5) is 10.3 Å². The van der Waals surface area contributed by atoms with Gasteiger partial charge in [-0.3, -0.25) is 19.3 Å². The van der Waals surface area contributed by atoms with Gasteiger partial charge in [0.25, 0.3) is 5.91 Å². The van der Waals surface area contributed by atoms with Crippen LogP contribution in [0.15, 0.2) is 48.8 Å². The van der Waals surface area contributed by atoms with Crippen LogP contribution in [0, 0.1) is 5.82 Å². The Hall–Kier alpha value is -4.98. The molecule has 2 atom stereocenters. The summed E-state index contributed by atoms with van der Waals surface area (Å²) in [5.74, 6) is -0.597. The number of methoxy groups -OCH3 is 1. The van der Waals surface area contributed by atoms with Gasteiger partial charge in [0.1, 0.15) is 24.2 Å². The molecule has 0 aliphatic carbocycles. The molecule has 2 aliphatic rings. The number of halogens is 1. The predicted molar refractivity (Wildman–Crippen MR) is 164 cm³/mol. The van der Waals surface area contributed by atoms with Crippen LogP contribution in [0.5, 0.6) is 17.2 Å². The number of nitrogens with one attached hydrogen (secondary N) is 2. The molecule has 0 saturated carbocycles. The fourth-order valence-electron chi connectivity index (χ4n) is 5.47. The molecule has 2 aromatic carbocycles. The molecule has 3 aromatic rings. The van der Waals surface area contributed by atoms with E-state index in [-0.39, 0.29) is 37.9 Å². The molecule has 1 fully saturated rings. The molecular formula is C32H37FN6O7. The van der Waals surface area contributed by atoms with Gasteiger partial charge in [-0.2, -0.15) is 0 Å². The van der Waals surface area contributed by atoms with Gasteiger partial charge in [-0.1, -0.05) is 6.07 Å². The Morgan fingerprint density at radius 2 is 1.93 bits per heavy atom. The Morgan fingerprint density at radius 3 is 2.70 bits per heavy atom. The highest BCUT2D eigenvalue weighted by atomic mass is 19.1. The zero-order valence-corrected chi connectivity index (χ0v) is 25.7. The van der Waals surface area contributed by atoms with Crippen molar-refractivity contribution in [1.29, 1.82) is 0 Å². The second kappa shape index (κ2) is 14.9. The molecule has 0 radical (unpaired) electrons. The molecule has 14 heteroatoms. The number of likely N-dealkylation sites (tertiary alicyclic amines) is 1. The Morgan fingerprint density at radius 1 is 1.13 bits per heavy atom. The molecular weight excluding hydrogens is 599 g/mol. The van der Waals surface area contributed by atoms with Gasteiger partial charge in [0.05, 0.1) is 13.2 Å². The number of carboxylic acids is 1. The number of anilines is 1. The molecule has 3 heterocycles. The van der Waals surface area contributed by atoms with E-state index in [2.05, 4.69) is 25.5 Å². The number of amides is 2. The number of nitrogens with zero attached hydrogens (tertiary/aromatic N) is 4. The normalized spacial score (nSPS) is 19.2. The molecule has 0 unspecified atom stereocenters. The Kier molecular flexibility index (Phi) is 10.5. The lowest BCUT2D eigenvalue weighted by atomic mass is 10.0. The number of rotatable bonds is 6. The van der Waals surface area contributed by atoms with E-state index in [0.29, 0.717) is 61.2 Å². The fraction of sp³-hybridized carbons (Fsp3) is 0.406. The number of carboxylic acid groups (broad SMARTS) is 1. The molecule has 5 rings (SSSR count). The van der Waals surface area contributed by atoms with E-state index in [0.717, 1.165) is 11.1 Å². The van der Waals surface area contributed by atoms with Crippen molar-refractivity contribution in [2.24, 2.45) is 0 Å². The van der Waals surface area contributed by atoms with E-state index in [1.807, 2.05) is 6.07 Å². The van der Waals surface area contributed by atoms with Crippen LogP contribution in [0.25, 0.3) is 0 Å². The van der Waals surface area contributed by atoms with Gasteiger partial charge in [-0.25, -0.2) is 14.4 Å². The summed E-state index contributed by atoms with van der Waals surface area (Å²) in [6, 6.07) is 9.17. The largest absolute Gasteiger partial charge is 0.493 e. The number of likely N-dealkylation sites (N-methyl/N-ethyl adjacent to an activating group) is 1. The molecule has 2 amide bonds. The van der Waals surface area contributed by atoms with Crippen molar-refractivity contribution in [3.8, 4) is 17.2 Å². The summed E-state index contributed by atoms with van der Waals surface area (Å²) in [6.45, 7) is 1.12. The lowest BCUT2D eigenvalue weighted by Crippen LogP contribution is -2.57. The maximum absolute atomic E-state index is 14.6. The highest BCUT2D eigenvalue weighted by Gasteiger charge is 2.33. The third-order valence-corrected chi connectivity index (χ3v) is 7.73. The standard InChI is InChI=1S/C32H37FN6O7/c1-38(18-31(42)43)32-35-14-22(15-36-32)16-39-8-7-26-25(17-39)37-30(41)19-45-28-11-20(3-5-27(28)44-2)4-6-29(40)34-13-21-9-23(33)12-24(10-21)46-26/h3,5,9-12,14-15,25-26H,4,6-8,13,16-19H2,1-2H3,(H,34,40)(H,37,41)(H,42,43)/t25-,26-/m1/s1.